The summed E-state index contributed by atoms with van der Waals surface area (Å²) in [7, 11) is -1.05. The molecule has 0 aliphatic carbocycles. The highest BCUT2D eigenvalue weighted by Gasteiger charge is 1.89. The second-order valence-corrected chi connectivity index (χ2v) is 6.25. The van der Waals surface area contributed by atoms with Crippen LogP contribution in [0.1, 0.15) is 5.56 Å². The molecule has 1 unspecified atom stereocenters. The second-order valence-electron chi connectivity index (χ2n) is 2.45. The predicted molar refractivity (Wildman–Crippen MR) is 54.3 cm³/mol. The van der Waals surface area contributed by atoms with Crippen LogP contribution in [0.15, 0.2) is 36.0 Å². The first-order chi connectivity index (χ1) is 5.29. The first-order valence-electron chi connectivity index (χ1n) is 3.66. The lowest BCUT2D eigenvalue weighted by atomic mass is 10.2. The van der Waals surface area contributed by atoms with Gasteiger partial charge in [-0.2, -0.15) is 11.1 Å². The summed E-state index contributed by atoms with van der Waals surface area (Å²) in [5.74, 6) is 0. The second kappa shape index (κ2) is 4.37. The van der Waals surface area contributed by atoms with Gasteiger partial charge in [-0.05, 0) is 5.56 Å². The minimum Gasteiger partial charge on any atom is -0.166 e. The van der Waals surface area contributed by atoms with Crippen molar-refractivity contribution in [2.24, 2.45) is 0 Å². The highest BCUT2D eigenvalue weighted by molar-refractivity contribution is 7.09. The van der Waals surface area contributed by atoms with E-state index in [1.165, 1.54) is 5.56 Å². The fourth-order valence-electron chi connectivity index (χ4n) is 0.808. The monoisotopic (exact) mass is 182 g/mol. The Morgan fingerprint density at radius 1 is 1.27 bits per heavy atom. The van der Waals surface area contributed by atoms with Crippen molar-refractivity contribution in [2.45, 2.75) is 6.55 Å². The number of rotatable bonds is 2. The largest absolute Gasteiger partial charge is 0.166 e. The van der Waals surface area contributed by atoms with Gasteiger partial charge in [0.1, 0.15) is 0 Å². The molecular formula is C9H11ClSi. The van der Waals surface area contributed by atoms with Crippen LogP contribution in [0.2, 0.25) is 6.55 Å². The molecule has 0 heterocycles. The van der Waals surface area contributed by atoms with Gasteiger partial charge in [0.05, 0.1) is 0 Å². The van der Waals surface area contributed by atoms with Crippen LogP contribution in [0.25, 0.3) is 6.08 Å². The maximum Gasteiger partial charge on any atom is 0.161 e. The van der Waals surface area contributed by atoms with Gasteiger partial charge in [-0.15, -0.1) is 0 Å². The molecule has 1 aromatic carbocycles. The standard InChI is InChI=1S/C9H11ClSi/c1-11(10)8-7-9-5-3-2-4-6-9/h2-8,11H,1H3. The van der Waals surface area contributed by atoms with Gasteiger partial charge in [0.25, 0.3) is 0 Å². The van der Waals surface area contributed by atoms with Gasteiger partial charge in [0, 0.05) is 0 Å². The molecule has 0 N–H and O–H groups in total. The molecule has 0 bridgehead atoms. The Morgan fingerprint density at radius 2 is 1.91 bits per heavy atom. The predicted octanol–water partition coefficient (Wildman–Crippen LogP) is 2.83. The number of halogens is 1. The summed E-state index contributed by atoms with van der Waals surface area (Å²) in [5, 5.41) is 0. The Bertz CT molecular complexity index is 229. The molecule has 2 heteroatoms. The molecule has 0 aliphatic rings. The molecular weight excluding hydrogens is 172 g/mol. The van der Waals surface area contributed by atoms with E-state index >= 15 is 0 Å². The van der Waals surface area contributed by atoms with E-state index in [0.29, 0.717) is 0 Å². The molecule has 11 heavy (non-hydrogen) atoms. The van der Waals surface area contributed by atoms with Crippen molar-refractivity contribution in [3.63, 3.8) is 0 Å². The summed E-state index contributed by atoms with van der Waals surface area (Å²) in [5.41, 5.74) is 3.34. The van der Waals surface area contributed by atoms with Crippen LogP contribution in [0, 0.1) is 0 Å². The molecule has 0 aliphatic heterocycles. The molecule has 0 fully saturated rings. The van der Waals surface area contributed by atoms with Crippen LogP contribution in [0.5, 0.6) is 0 Å². The van der Waals surface area contributed by atoms with Gasteiger partial charge in [0.2, 0.25) is 0 Å². The molecule has 0 radical (unpaired) electrons. The fourth-order valence-corrected chi connectivity index (χ4v) is 1.51. The Kier molecular flexibility index (Phi) is 3.40. The maximum atomic E-state index is 5.88. The SMILES string of the molecule is C[SiH](Cl)C=Cc1ccccc1. The van der Waals surface area contributed by atoms with Crippen LogP contribution in [0.4, 0.5) is 0 Å². The van der Waals surface area contributed by atoms with E-state index in [4.69, 9.17) is 11.1 Å². The molecule has 0 saturated heterocycles. The quantitative estimate of drug-likeness (QED) is 0.488. The van der Waals surface area contributed by atoms with Gasteiger partial charge >= 0.3 is 0 Å². The zero-order chi connectivity index (χ0) is 8.10. The zero-order valence-electron chi connectivity index (χ0n) is 6.50. The van der Waals surface area contributed by atoms with E-state index in [-0.39, 0.29) is 0 Å². The molecule has 0 saturated carbocycles. The van der Waals surface area contributed by atoms with Crippen molar-refractivity contribution < 1.29 is 0 Å². The lowest BCUT2D eigenvalue weighted by molar-refractivity contribution is 1.66. The smallest absolute Gasteiger partial charge is 0.161 e. The third-order valence-corrected chi connectivity index (χ3v) is 2.51. The van der Waals surface area contributed by atoms with Crippen LogP contribution in [-0.4, -0.2) is 8.11 Å². The van der Waals surface area contributed by atoms with Crippen LogP contribution >= 0.6 is 11.1 Å². The van der Waals surface area contributed by atoms with E-state index in [1.807, 2.05) is 18.2 Å². The van der Waals surface area contributed by atoms with Crippen molar-refractivity contribution in [1.29, 1.82) is 0 Å². The van der Waals surface area contributed by atoms with E-state index in [2.05, 4.69) is 30.5 Å². The first kappa shape index (κ1) is 8.56. The molecule has 0 nitrogen and oxygen atoms in total. The molecule has 1 aromatic rings. The van der Waals surface area contributed by atoms with Crippen molar-refractivity contribution in [1.82, 2.24) is 0 Å². The van der Waals surface area contributed by atoms with Crippen molar-refractivity contribution in [2.75, 3.05) is 0 Å². The minimum absolute atomic E-state index is 1.05. The number of hydrogen-bond acceptors (Lipinski definition) is 0. The highest BCUT2D eigenvalue weighted by atomic mass is 35.6. The van der Waals surface area contributed by atoms with E-state index in [1.54, 1.807) is 0 Å². The molecule has 0 amide bonds. The molecule has 58 valence electrons. The summed E-state index contributed by atoms with van der Waals surface area (Å²) in [4.78, 5) is 0. The average Bonchev–Trinajstić information content (AvgIpc) is 2.03. The Labute approximate surface area is 73.8 Å². The summed E-state index contributed by atoms with van der Waals surface area (Å²) in [6.45, 7) is 2.08. The molecule has 1 rings (SSSR count). The summed E-state index contributed by atoms with van der Waals surface area (Å²) >= 11 is 5.88. The Morgan fingerprint density at radius 3 is 2.45 bits per heavy atom. The maximum absolute atomic E-state index is 5.88. The van der Waals surface area contributed by atoms with Gasteiger partial charge in [0.15, 0.2) is 8.11 Å². The van der Waals surface area contributed by atoms with Crippen molar-refractivity contribution >= 4 is 25.3 Å². The third-order valence-electron chi connectivity index (χ3n) is 1.35. The number of benzene rings is 1. The lowest BCUT2D eigenvalue weighted by Crippen LogP contribution is -1.87. The fraction of sp³-hybridized carbons (Fsp3) is 0.111. The normalized spacial score (nSPS) is 13.6. The first-order valence-corrected chi connectivity index (χ1v) is 7.23. The van der Waals surface area contributed by atoms with Gasteiger partial charge < -0.3 is 0 Å². The number of hydrogen-bond donors (Lipinski definition) is 0. The summed E-state index contributed by atoms with van der Waals surface area (Å²) < 4.78 is 0. The van der Waals surface area contributed by atoms with Crippen molar-refractivity contribution in [3.05, 3.63) is 41.6 Å². The van der Waals surface area contributed by atoms with E-state index in [0.717, 1.165) is 0 Å². The average molecular weight is 183 g/mol. The van der Waals surface area contributed by atoms with Crippen LogP contribution in [0.3, 0.4) is 0 Å². The van der Waals surface area contributed by atoms with Gasteiger partial charge in [-0.3, -0.25) is 0 Å². The van der Waals surface area contributed by atoms with Gasteiger partial charge in [-0.25, -0.2) is 0 Å². The van der Waals surface area contributed by atoms with E-state index < -0.39 is 8.11 Å². The lowest BCUT2D eigenvalue weighted by Gasteiger charge is -1.91. The topological polar surface area (TPSA) is 0 Å². The van der Waals surface area contributed by atoms with E-state index in [9.17, 15) is 0 Å². The van der Waals surface area contributed by atoms with Crippen LogP contribution in [-0.2, 0) is 0 Å². The zero-order valence-corrected chi connectivity index (χ0v) is 8.41. The molecule has 0 aromatic heterocycles. The van der Waals surface area contributed by atoms with Gasteiger partial charge in [-0.1, -0.05) is 48.7 Å². The summed E-state index contributed by atoms with van der Waals surface area (Å²) in [6, 6.07) is 10.2. The van der Waals surface area contributed by atoms with Crippen molar-refractivity contribution in [3.8, 4) is 0 Å². The molecule has 1 atom stereocenters. The molecule has 0 spiro atoms. The van der Waals surface area contributed by atoms with Crippen LogP contribution < -0.4 is 0 Å². The highest BCUT2D eigenvalue weighted by Crippen LogP contribution is 2.02. The minimum atomic E-state index is -1.05. The Hall–Kier alpha value is -0.533. The Balaban J connectivity index is 2.65. The third kappa shape index (κ3) is 3.40. The summed E-state index contributed by atoms with van der Waals surface area (Å²) in [6.07, 6.45) is 2.09.